The number of nitrogens with one attached hydrogen (secondary N) is 1. The minimum atomic E-state index is -4.37. The molecule has 0 bridgehead atoms. The number of piperazine rings is 1. The van der Waals surface area contributed by atoms with Crippen molar-refractivity contribution in [3.63, 3.8) is 0 Å². The van der Waals surface area contributed by atoms with Crippen molar-refractivity contribution >= 4 is 17.3 Å². The van der Waals surface area contributed by atoms with Gasteiger partial charge in [-0.2, -0.15) is 13.2 Å². The van der Waals surface area contributed by atoms with Crippen molar-refractivity contribution in [1.29, 1.82) is 0 Å². The van der Waals surface area contributed by atoms with E-state index in [0.717, 1.165) is 25.5 Å². The molecule has 0 spiro atoms. The van der Waals surface area contributed by atoms with Gasteiger partial charge in [-0.05, 0) is 31.0 Å². The van der Waals surface area contributed by atoms with Crippen LogP contribution in [0.1, 0.15) is 32.3 Å². The Hall–Kier alpha value is -0.940. The Morgan fingerprint density at radius 1 is 1.24 bits per heavy atom. The van der Waals surface area contributed by atoms with Gasteiger partial charge in [0.05, 0.1) is 5.56 Å². The van der Waals surface area contributed by atoms with Crippen molar-refractivity contribution in [2.45, 2.75) is 38.4 Å². The monoisotopic (exact) mass is 320 g/mol. The van der Waals surface area contributed by atoms with Gasteiger partial charge < -0.3 is 10.2 Å². The first-order valence-corrected chi connectivity index (χ1v) is 7.55. The molecule has 2 rings (SSSR count). The molecule has 1 fully saturated rings. The van der Waals surface area contributed by atoms with Crippen molar-refractivity contribution in [3.8, 4) is 0 Å². The lowest BCUT2D eigenvalue weighted by Crippen LogP contribution is -2.60. The fraction of sp³-hybridized carbons (Fsp3) is 0.600. The SMILES string of the molecule is CCC1(CC)CN(c2cc(Cl)cc(C(F)(F)F)c2)CCN1. The largest absolute Gasteiger partial charge is 0.416 e. The van der Waals surface area contributed by atoms with Crippen molar-refractivity contribution in [1.82, 2.24) is 5.32 Å². The quantitative estimate of drug-likeness (QED) is 0.892. The average molecular weight is 321 g/mol. The maximum Gasteiger partial charge on any atom is 0.416 e. The summed E-state index contributed by atoms with van der Waals surface area (Å²) in [5, 5.41) is 3.62. The molecule has 1 heterocycles. The zero-order chi connectivity index (χ0) is 15.7. The van der Waals surface area contributed by atoms with Gasteiger partial charge in [0.1, 0.15) is 0 Å². The first-order valence-electron chi connectivity index (χ1n) is 7.17. The van der Waals surface area contributed by atoms with Gasteiger partial charge >= 0.3 is 6.18 Å². The van der Waals surface area contributed by atoms with E-state index in [4.69, 9.17) is 11.6 Å². The number of hydrogen-bond acceptors (Lipinski definition) is 2. The van der Waals surface area contributed by atoms with Crippen LogP contribution in [-0.2, 0) is 6.18 Å². The number of anilines is 1. The lowest BCUT2D eigenvalue weighted by molar-refractivity contribution is -0.137. The summed E-state index contributed by atoms with van der Waals surface area (Å²) >= 11 is 5.87. The van der Waals surface area contributed by atoms with Crippen LogP contribution < -0.4 is 10.2 Å². The molecule has 0 aliphatic carbocycles. The summed E-state index contributed by atoms with van der Waals surface area (Å²) in [4.78, 5) is 1.99. The van der Waals surface area contributed by atoms with Crippen molar-refractivity contribution in [2.24, 2.45) is 0 Å². The minimum Gasteiger partial charge on any atom is -0.368 e. The third-order valence-electron chi connectivity index (χ3n) is 4.30. The third kappa shape index (κ3) is 3.64. The van der Waals surface area contributed by atoms with Crippen LogP contribution in [0.5, 0.6) is 0 Å². The van der Waals surface area contributed by atoms with Crippen LogP contribution in [0.3, 0.4) is 0 Å². The first kappa shape index (κ1) is 16.4. The Labute approximate surface area is 128 Å². The molecule has 1 aliphatic heterocycles. The molecular formula is C15H20ClF3N2. The van der Waals surface area contributed by atoms with Gasteiger partial charge in [0.25, 0.3) is 0 Å². The standard InChI is InChI=1S/C15H20ClF3N2/c1-3-14(4-2)10-21(6-5-20-14)13-8-11(15(17,18)19)7-12(16)9-13/h7-9,20H,3-6,10H2,1-2H3. The zero-order valence-corrected chi connectivity index (χ0v) is 13.0. The fourth-order valence-corrected chi connectivity index (χ4v) is 3.05. The van der Waals surface area contributed by atoms with Crippen molar-refractivity contribution < 1.29 is 13.2 Å². The highest BCUT2D eigenvalue weighted by Gasteiger charge is 2.34. The molecule has 1 saturated heterocycles. The Kier molecular flexibility index (Phi) is 4.73. The second-order valence-corrected chi connectivity index (χ2v) is 5.97. The summed E-state index contributed by atoms with van der Waals surface area (Å²) in [6.45, 7) is 6.32. The molecule has 1 aliphatic rings. The number of alkyl halides is 3. The number of nitrogens with zero attached hydrogens (tertiary/aromatic N) is 1. The van der Waals surface area contributed by atoms with Gasteiger partial charge in [-0.3, -0.25) is 0 Å². The third-order valence-corrected chi connectivity index (χ3v) is 4.52. The Morgan fingerprint density at radius 2 is 1.90 bits per heavy atom. The lowest BCUT2D eigenvalue weighted by atomic mass is 9.90. The van der Waals surface area contributed by atoms with E-state index in [9.17, 15) is 13.2 Å². The molecule has 0 atom stereocenters. The predicted octanol–water partition coefficient (Wildman–Crippen LogP) is 4.33. The maximum atomic E-state index is 12.9. The number of benzene rings is 1. The van der Waals surface area contributed by atoms with E-state index in [2.05, 4.69) is 19.2 Å². The first-order chi connectivity index (χ1) is 9.79. The van der Waals surface area contributed by atoms with Crippen LogP contribution >= 0.6 is 11.6 Å². The molecule has 118 valence electrons. The summed E-state index contributed by atoms with van der Waals surface area (Å²) in [7, 11) is 0. The van der Waals surface area contributed by atoms with Gasteiger partial charge in [0.15, 0.2) is 0 Å². The van der Waals surface area contributed by atoms with Crippen LogP contribution in [0.25, 0.3) is 0 Å². The highest BCUT2D eigenvalue weighted by Crippen LogP contribution is 2.35. The van der Waals surface area contributed by atoms with Crippen LogP contribution in [0.4, 0.5) is 18.9 Å². The van der Waals surface area contributed by atoms with Crippen molar-refractivity contribution in [2.75, 3.05) is 24.5 Å². The van der Waals surface area contributed by atoms with Gasteiger partial charge in [0, 0.05) is 35.9 Å². The summed E-state index contributed by atoms with van der Waals surface area (Å²) in [6.07, 6.45) is -2.50. The van der Waals surface area contributed by atoms with E-state index in [1.807, 2.05) is 4.90 Å². The molecule has 1 aromatic rings. The molecule has 0 radical (unpaired) electrons. The number of hydrogen-bond donors (Lipinski definition) is 1. The summed E-state index contributed by atoms with van der Waals surface area (Å²) in [6, 6.07) is 3.77. The smallest absolute Gasteiger partial charge is 0.368 e. The van der Waals surface area contributed by atoms with E-state index in [1.54, 1.807) is 6.07 Å². The molecule has 0 aromatic heterocycles. The lowest BCUT2D eigenvalue weighted by Gasteiger charge is -2.44. The molecule has 0 saturated carbocycles. The van der Waals surface area contributed by atoms with Gasteiger partial charge in [0.2, 0.25) is 0 Å². The maximum absolute atomic E-state index is 12.9. The summed E-state index contributed by atoms with van der Waals surface area (Å²) in [5.74, 6) is 0. The van der Waals surface area contributed by atoms with E-state index < -0.39 is 11.7 Å². The minimum absolute atomic E-state index is 0.0427. The van der Waals surface area contributed by atoms with Gasteiger partial charge in [-0.1, -0.05) is 25.4 Å². The van der Waals surface area contributed by atoms with Crippen LogP contribution in [0.15, 0.2) is 18.2 Å². The molecule has 1 aromatic carbocycles. The summed E-state index contributed by atoms with van der Waals surface area (Å²) in [5.41, 5.74) is -0.191. The molecule has 6 heteroatoms. The van der Waals surface area contributed by atoms with E-state index in [1.165, 1.54) is 6.07 Å². The van der Waals surface area contributed by atoms with Crippen molar-refractivity contribution in [3.05, 3.63) is 28.8 Å². The predicted molar refractivity (Wildman–Crippen MR) is 80.0 cm³/mol. The Balaban J connectivity index is 2.31. The molecule has 21 heavy (non-hydrogen) atoms. The highest BCUT2D eigenvalue weighted by molar-refractivity contribution is 6.30. The fourth-order valence-electron chi connectivity index (χ4n) is 2.82. The second kappa shape index (κ2) is 6.05. The van der Waals surface area contributed by atoms with Gasteiger partial charge in [-0.25, -0.2) is 0 Å². The summed E-state index contributed by atoms with van der Waals surface area (Å²) < 4.78 is 38.7. The molecule has 2 nitrogen and oxygen atoms in total. The molecule has 0 unspecified atom stereocenters. The van der Waals surface area contributed by atoms with Gasteiger partial charge in [-0.15, -0.1) is 0 Å². The number of rotatable bonds is 3. The normalized spacial score (nSPS) is 18.9. The van der Waals surface area contributed by atoms with E-state index in [0.29, 0.717) is 18.8 Å². The second-order valence-electron chi connectivity index (χ2n) is 5.53. The van der Waals surface area contributed by atoms with E-state index in [-0.39, 0.29) is 10.6 Å². The average Bonchev–Trinajstić information content (AvgIpc) is 2.45. The van der Waals surface area contributed by atoms with Crippen LogP contribution in [0, 0.1) is 0 Å². The topological polar surface area (TPSA) is 15.3 Å². The molecule has 1 N–H and O–H groups in total. The zero-order valence-electron chi connectivity index (χ0n) is 12.2. The Bertz CT molecular complexity index is 498. The number of halogens is 4. The van der Waals surface area contributed by atoms with Crippen LogP contribution in [-0.4, -0.2) is 25.2 Å². The molecular weight excluding hydrogens is 301 g/mol. The highest BCUT2D eigenvalue weighted by atomic mass is 35.5. The van der Waals surface area contributed by atoms with Crippen LogP contribution in [0.2, 0.25) is 5.02 Å². The molecule has 0 amide bonds. The van der Waals surface area contributed by atoms with E-state index >= 15 is 0 Å². The Morgan fingerprint density at radius 3 is 2.48 bits per heavy atom.